The van der Waals surface area contributed by atoms with Gasteiger partial charge in [-0.2, -0.15) is 4.31 Å². The number of carbonyl (C=O) groups is 1. The highest BCUT2D eigenvalue weighted by Gasteiger charge is 2.41. The molecule has 1 aromatic heterocycles. The summed E-state index contributed by atoms with van der Waals surface area (Å²) >= 11 is 1.13. The monoisotopic (exact) mass is 444 g/mol. The number of hydrogen-bond acceptors (Lipinski definition) is 4. The van der Waals surface area contributed by atoms with Crippen LogP contribution in [0.15, 0.2) is 70.3 Å². The van der Waals surface area contributed by atoms with Crippen molar-refractivity contribution in [1.82, 2.24) is 9.21 Å². The highest BCUT2D eigenvalue weighted by molar-refractivity contribution is 7.91. The van der Waals surface area contributed by atoms with E-state index in [0.29, 0.717) is 5.56 Å². The number of rotatable bonds is 5. The fourth-order valence-corrected chi connectivity index (χ4v) is 6.38. The molecule has 0 spiro atoms. The Balaban J connectivity index is 1.67. The van der Waals surface area contributed by atoms with Crippen molar-refractivity contribution in [1.29, 1.82) is 0 Å². The van der Waals surface area contributed by atoms with Crippen molar-refractivity contribution < 1.29 is 17.6 Å². The summed E-state index contributed by atoms with van der Waals surface area (Å²) in [5.41, 5.74) is 2.23. The minimum absolute atomic E-state index is 0.0660. The number of hydrogen-bond donors (Lipinski definition) is 0. The van der Waals surface area contributed by atoms with E-state index in [1.54, 1.807) is 42.8 Å². The maximum Gasteiger partial charge on any atom is 0.253 e. The molecule has 1 atom stereocenters. The second-order valence-electron chi connectivity index (χ2n) is 7.26. The Morgan fingerprint density at radius 2 is 1.80 bits per heavy atom. The van der Waals surface area contributed by atoms with Crippen molar-refractivity contribution in [2.75, 3.05) is 7.05 Å². The van der Waals surface area contributed by atoms with Crippen LogP contribution < -0.4 is 0 Å². The number of halogens is 1. The molecule has 2 heterocycles. The van der Waals surface area contributed by atoms with Crippen LogP contribution in [0.1, 0.15) is 16.7 Å². The number of sulfonamides is 1. The first-order valence-electron chi connectivity index (χ1n) is 9.48. The van der Waals surface area contributed by atoms with Crippen molar-refractivity contribution in [2.45, 2.75) is 29.8 Å². The van der Waals surface area contributed by atoms with Crippen LogP contribution in [0.3, 0.4) is 0 Å². The van der Waals surface area contributed by atoms with Gasteiger partial charge in [-0.15, -0.1) is 11.3 Å². The zero-order valence-corrected chi connectivity index (χ0v) is 18.0. The predicted octanol–water partition coefficient (Wildman–Crippen LogP) is 3.66. The van der Waals surface area contributed by atoms with E-state index in [0.717, 1.165) is 22.5 Å². The third-order valence-electron chi connectivity index (χ3n) is 5.29. The summed E-state index contributed by atoms with van der Waals surface area (Å²) < 4.78 is 42.2. The van der Waals surface area contributed by atoms with Crippen molar-refractivity contribution >= 4 is 27.3 Å². The van der Waals surface area contributed by atoms with Gasteiger partial charge in [-0.25, -0.2) is 12.8 Å². The van der Waals surface area contributed by atoms with E-state index in [4.69, 9.17) is 0 Å². The van der Waals surface area contributed by atoms with Gasteiger partial charge in [-0.05, 0) is 35.1 Å². The molecule has 0 unspecified atom stereocenters. The smallest absolute Gasteiger partial charge is 0.253 e. The Morgan fingerprint density at radius 3 is 2.50 bits per heavy atom. The molecule has 1 aliphatic heterocycles. The number of amides is 1. The Morgan fingerprint density at radius 1 is 1.10 bits per heavy atom. The average Bonchev–Trinajstić information content (AvgIpc) is 3.30. The first-order valence-corrected chi connectivity index (χ1v) is 11.8. The summed E-state index contributed by atoms with van der Waals surface area (Å²) in [6.45, 7) is 0.191. The van der Waals surface area contributed by atoms with Crippen molar-refractivity contribution in [2.24, 2.45) is 0 Å². The zero-order valence-electron chi connectivity index (χ0n) is 16.4. The Labute approximate surface area is 179 Å². The van der Waals surface area contributed by atoms with E-state index in [2.05, 4.69) is 0 Å². The quantitative estimate of drug-likeness (QED) is 0.604. The molecule has 8 heteroatoms. The van der Waals surface area contributed by atoms with Crippen LogP contribution in [0.4, 0.5) is 4.39 Å². The fraction of sp³-hybridized carbons (Fsp3) is 0.227. The standard InChI is InChI=1S/C22H21FN2O3S2/c1-24(14-18-9-4-5-10-19(18)23)22(26)20-13-16-7-2-3-8-17(16)15-25(20)30(27,28)21-11-6-12-29-21/h2-12,20H,13-15H2,1H3/t20-/m0/s1. The first-order chi connectivity index (χ1) is 14.4. The predicted molar refractivity (Wildman–Crippen MR) is 114 cm³/mol. The minimum Gasteiger partial charge on any atom is -0.340 e. The third-order valence-corrected chi connectivity index (χ3v) is 8.52. The molecule has 0 N–H and O–H groups in total. The topological polar surface area (TPSA) is 57.7 Å². The molecule has 2 aromatic carbocycles. The lowest BCUT2D eigenvalue weighted by Gasteiger charge is -2.36. The highest BCUT2D eigenvalue weighted by Crippen LogP contribution is 2.31. The lowest BCUT2D eigenvalue weighted by molar-refractivity contribution is -0.135. The molecule has 4 rings (SSSR count). The molecule has 0 radical (unpaired) electrons. The molecule has 3 aromatic rings. The maximum atomic E-state index is 14.1. The van der Waals surface area contributed by atoms with Crippen molar-refractivity contribution in [3.63, 3.8) is 0 Å². The summed E-state index contributed by atoms with van der Waals surface area (Å²) in [5, 5.41) is 1.70. The molecule has 0 saturated heterocycles. The van der Waals surface area contributed by atoms with Gasteiger partial charge in [0.05, 0.1) is 0 Å². The number of carbonyl (C=O) groups excluding carboxylic acids is 1. The molecule has 30 heavy (non-hydrogen) atoms. The van der Waals surface area contributed by atoms with Gasteiger partial charge in [-0.1, -0.05) is 48.5 Å². The third kappa shape index (κ3) is 3.90. The number of likely N-dealkylation sites (N-methyl/N-ethyl adjacent to an activating group) is 1. The van der Waals surface area contributed by atoms with Gasteiger partial charge in [-0.3, -0.25) is 4.79 Å². The maximum absolute atomic E-state index is 14.1. The molecule has 1 aliphatic rings. The van der Waals surface area contributed by atoms with Crippen LogP contribution in [-0.4, -0.2) is 36.6 Å². The molecule has 0 fully saturated rings. The van der Waals surface area contributed by atoms with Gasteiger partial charge in [0, 0.05) is 25.7 Å². The molecular weight excluding hydrogens is 423 g/mol. The molecule has 1 amide bonds. The van der Waals surface area contributed by atoms with E-state index in [-0.39, 0.29) is 29.6 Å². The molecule has 0 saturated carbocycles. The lowest BCUT2D eigenvalue weighted by atomic mass is 9.95. The molecule has 156 valence electrons. The number of fused-ring (bicyclic) bond motifs is 1. The largest absolute Gasteiger partial charge is 0.340 e. The Kier molecular flexibility index (Phi) is 5.73. The summed E-state index contributed by atoms with van der Waals surface area (Å²) in [5.74, 6) is -0.748. The molecule has 5 nitrogen and oxygen atoms in total. The van der Waals surface area contributed by atoms with Gasteiger partial charge in [0.1, 0.15) is 16.1 Å². The van der Waals surface area contributed by atoms with Crippen LogP contribution in [0, 0.1) is 5.82 Å². The SMILES string of the molecule is CN(Cc1ccccc1F)C(=O)[C@@H]1Cc2ccccc2CN1S(=O)(=O)c1cccs1. The summed E-state index contributed by atoms with van der Waals surface area (Å²) in [7, 11) is -2.27. The summed E-state index contributed by atoms with van der Waals surface area (Å²) in [6.07, 6.45) is 0.279. The summed E-state index contributed by atoms with van der Waals surface area (Å²) in [6, 6.07) is 16.2. The minimum atomic E-state index is -3.84. The summed E-state index contributed by atoms with van der Waals surface area (Å²) in [4.78, 5) is 14.7. The highest BCUT2D eigenvalue weighted by atomic mass is 32.2. The van der Waals surface area contributed by atoms with Gasteiger partial charge in [0.25, 0.3) is 10.0 Å². The Bertz CT molecular complexity index is 1160. The van der Waals surface area contributed by atoms with Gasteiger partial charge in [0.15, 0.2) is 0 Å². The average molecular weight is 445 g/mol. The van der Waals surface area contributed by atoms with Gasteiger partial charge >= 0.3 is 0 Å². The van der Waals surface area contributed by atoms with Crippen LogP contribution in [0.2, 0.25) is 0 Å². The van der Waals surface area contributed by atoms with E-state index < -0.39 is 21.9 Å². The van der Waals surface area contributed by atoms with Crippen LogP contribution >= 0.6 is 11.3 Å². The van der Waals surface area contributed by atoms with E-state index in [1.807, 2.05) is 24.3 Å². The van der Waals surface area contributed by atoms with Crippen molar-refractivity contribution in [3.8, 4) is 0 Å². The molecular formula is C22H21FN2O3S2. The van der Waals surface area contributed by atoms with Crippen LogP contribution in [0.5, 0.6) is 0 Å². The Hall–Kier alpha value is -2.55. The van der Waals surface area contributed by atoms with Gasteiger partial charge in [0.2, 0.25) is 5.91 Å². The van der Waals surface area contributed by atoms with Crippen molar-refractivity contribution in [3.05, 3.63) is 88.6 Å². The van der Waals surface area contributed by atoms with Crippen LogP contribution in [0.25, 0.3) is 0 Å². The number of benzene rings is 2. The van der Waals surface area contributed by atoms with E-state index >= 15 is 0 Å². The van der Waals surface area contributed by atoms with E-state index in [1.165, 1.54) is 15.3 Å². The number of thiophene rings is 1. The van der Waals surface area contributed by atoms with E-state index in [9.17, 15) is 17.6 Å². The molecule has 0 bridgehead atoms. The zero-order chi connectivity index (χ0) is 21.3. The molecule has 0 aliphatic carbocycles. The number of nitrogens with zero attached hydrogens (tertiary/aromatic N) is 2. The second-order valence-corrected chi connectivity index (χ2v) is 10.3. The second kappa shape index (κ2) is 8.29. The lowest BCUT2D eigenvalue weighted by Crippen LogP contribution is -2.52. The normalized spacial score (nSPS) is 16.8. The van der Waals surface area contributed by atoms with Gasteiger partial charge < -0.3 is 4.90 Å². The fourth-order valence-electron chi connectivity index (χ4n) is 3.70. The van der Waals surface area contributed by atoms with Crippen LogP contribution in [-0.2, 0) is 34.3 Å². The first kappa shape index (κ1) is 20.7.